The Kier molecular flexibility index (Phi) is 4.79. The number of hydrogen-bond acceptors (Lipinski definition) is 3. The highest BCUT2D eigenvalue weighted by Gasteiger charge is 2.39. The quantitative estimate of drug-likeness (QED) is 0.909. The monoisotopic (exact) mass is 343 g/mol. The molecular weight excluding hydrogens is 318 g/mol. The molecule has 0 aromatic heterocycles. The molecule has 1 aliphatic heterocycles. The van der Waals surface area contributed by atoms with Crippen molar-refractivity contribution in [1.29, 1.82) is 0 Å². The second kappa shape index (κ2) is 6.69. The van der Waals surface area contributed by atoms with Crippen LogP contribution in [0.5, 0.6) is 0 Å². The average molecular weight is 343 g/mol. The minimum absolute atomic E-state index is 0.110. The maximum absolute atomic E-state index is 13.0. The number of benzene rings is 2. The smallest absolute Gasteiger partial charge is 0.180 e. The molecule has 0 radical (unpaired) electrons. The maximum Gasteiger partial charge on any atom is 0.180 e. The number of fused-ring (bicyclic) bond motifs is 1. The Hall–Kier alpha value is -1.65. The summed E-state index contributed by atoms with van der Waals surface area (Å²) in [6.07, 6.45) is 2.91. The molecule has 128 valence electrons. The Bertz CT molecular complexity index is 801. The SMILES string of the molecule is CCCCC1(C)CS(=O)(=O)c2ccccc2[C@@H](c2ccccc2)N1. The van der Waals surface area contributed by atoms with Crippen LogP contribution in [-0.4, -0.2) is 19.7 Å². The van der Waals surface area contributed by atoms with Crippen molar-refractivity contribution in [2.45, 2.75) is 49.6 Å². The molecule has 0 spiro atoms. The van der Waals surface area contributed by atoms with E-state index in [2.05, 4.69) is 24.4 Å². The van der Waals surface area contributed by atoms with Gasteiger partial charge in [-0.25, -0.2) is 8.42 Å². The number of unbranched alkanes of at least 4 members (excludes halogenated alkanes) is 1. The van der Waals surface area contributed by atoms with Gasteiger partial charge in [-0.05, 0) is 30.5 Å². The lowest BCUT2D eigenvalue weighted by atomic mass is 9.91. The van der Waals surface area contributed by atoms with Gasteiger partial charge < -0.3 is 0 Å². The van der Waals surface area contributed by atoms with Gasteiger partial charge in [0.15, 0.2) is 9.84 Å². The molecule has 0 amide bonds. The fraction of sp³-hybridized carbons (Fsp3) is 0.400. The second-order valence-corrected chi connectivity index (χ2v) is 8.91. The molecule has 1 N–H and O–H groups in total. The van der Waals surface area contributed by atoms with Gasteiger partial charge in [0.2, 0.25) is 0 Å². The normalized spacial score (nSPS) is 25.7. The summed E-state index contributed by atoms with van der Waals surface area (Å²) in [5.74, 6) is 0.139. The molecule has 24 heavy (non-hydrogen) atoms. The Labute approximate surface area is 145 Å². The van der Waals surface area contributed by atoms with Crippen molar-refractivity contribution in [3.63, 3.8) is 0 Å². The van der Waals surface area contributed by atoms with Gasteiger partial charge in [0.1, 0.15) is 0 Å². The first kappa shape index (κ1) is 17.2. The Balaban J connectivity index is 2.14. The molecule has 0 bridgehead atoms. The molecule has 3 nitrogen and oxygen atoms in total. The van der Waals surface area contributed by atoms with Crippen LogP contribution in [0.25, 0.3) is 0 Å². The fourth-order valence-corrected chi connectivity index (χ4v) is 5.64. The molecule has 2 aromatic rings. The highest BCUT2D eigenvalue weighted by Crippen LogP contribution is 2.36. The molecule has 2 aromatic carbocycles. The van der Waals surface area contributed by atoms with Crippen LogP contribution in [0.15, 0.2) is 59.5 Å². The maximum atomic E-state index is 13.0. The number of hydrogen-bond donors (Lipinski definition) is 1. The molecule has 1 aliphatic rings. The average Bonchev–Trinajstić information content (AvgIpc) is 2.67. The third kappa shape index (κ3) is 3.40. The van der Waals surface area contributed by atoms with Gasteiger partial charge in [-0.1, -0.05) is 68.3 Å². The first-order valence-electron chi connectivity index (χ1n) is 8.59. The summed E-state index contributed by atoms with van der Waals surface area (Å²) in [4.78, 5) is 0.464. The lowest BCUT2D eigenvalue weighted by molar-refractivity contribution is 0.332. The summed E-state index contributed by atoms with van der Waals surface area (Å²) in [7, 11) is -3.32. The van der Waals surface area contributed by atoms with Crippen LogP contribution in [0.4, 0.5) is 0 Å². The van der Waals surface area contributed by atoms with E-state index in [0.29, 0.717) is 4.90 Å². The fourth-order valence-electron chi connectivity index (χ4n) is 3.59. The van der Waals surface area contributed by atoms with Crippen molar-refractivity contribution in [2.75, 3.05) is 5.75 Å². The highest BCUT2D eigenvalue weighted by atomic mass is 32.2. The van der Waals surface area contributed by atoms with Crippen molar-refractivity contribution in [2.24, 2.45) is 0 Å². The molecule has 0 saturated heterocycles. The molecule has 4 heteroatoms. The summed E-state index contributed by atoms with van der Waals surface area (Å²) in [5.41, 5.74) is 1.52. The summed E-state index contributed by atoms with van der Waals surface area (Å²) in [6, 6.07) is 17.4. The number of nitrogens with one attached hydrogen (secondary N) is 1. The van der Waals surface area contributed by atoms with E-state index in [1.165, 1.54) is 0 Å². The summed E-state index contributed by atoms with van der Waals surface area (Å²) < 4.78 is 26.0. The van der Waals surface area contributed by atoms with E-state index in [-0.39, 0.29) is 11.8 Å². The Morgan fingerprint density at radius 2 is 1.75 bits per heavy atom. The van der Waals surface area contributed by atoms with Gasteiger partial charge in [0.25, 0.3) is 0 Å². The van der Waals surface area contributed by atoms with E-state index in [0.717, 1.165) is 30.4 Å². The van der Waals surface area contributed by atoms with E-state index < -0.39 is 15.4 Å². The van der Waals surface area contributed by atoms with Gasteiger partial charge in [-0.15, -0.1) is 0 Å². The second-order valence-electron chi connectivity index (χ2n) is 6.95. The van der Waals surface area contributed by atoms with Crippen molar-refractivity contribution < 1.29 is 8.42 Å². The molecule has 0 fully saturated rings. The number of rotatable bonds is 4. The molecule has 3 rings (SSSR count). The van der Waals surface area contributed by atoms with Gasteiger partial charge in [-0.3, -0.25) is 5.32 Å². The summed E-state index contributed by atoms with van der Waals surface area (Å²) in [6.45, 7) is 4.18. The first-order valence-corrected chi connectivity index (χ1v) is 10.2. The van der Waals surface area contributed by atoms with Crippen molar-refractivity contribution >= 4 is 9.84 Å². The zero-order chi connectivity index (χ0) is 17.2. The summed E-state index contributed by atoms with van der Waals surface area (Å²) in [5, 5.41) is 3.68. The molecule has 0 aliphatic carbocycles. The van der Waals surface area contributed by atoms with Gasteiger partial charge in [-0.2, -0.15) is 0 Å². The predicted molar refractivity (Wildman–Crippen MR) is 97.8 cm³/mol. The highest BCUT2D eigenvalue weighted by molar-refractivity contribution is 7.91. The van der Waals surface area contributed by atoms with Crippen LogP contribution >= 0.6 is 0 Å². The lowest BCUT2D eigenvalue weighted by Crippen LogP contribution is -2.47. The predicted octanol–water partition coefficient (Wildman–Crippen LogP) is 4.10. The minimum Gasteiger partial charge on any atom is -0.300 e. The van der Waals surface area contributed by atoms with Gasteiger partial charge in [0.05, 0.1) is 16.7 Å². The Morgan fingerprint density at radius 3 is 2.46 bits per heavy atom. The lowest BCUT2D eigenvalue weighted by Gasteiger charge is -2.33. The van der Waals surface area contributed by atoms with Crippen LogP contribution in [0.3, 0.4) is 0 Å². The third-order valence-electron chi connectivity index (χ3n) is 4.78. The zero-order valence-corrected chi connectivity index (χ0v) is 15.1. The topological polar surface area (TPSA) is 46.2 Å². The van der Waals surface area contributed by atoms with Crippen molar-refractivity contribution in [3.05, 3.63) is 65.7 Å². The van der Waals surface area contributed by atoms with E-state index in [1.807, 2.05) is 43.3 Å². The minimum atomic E-state index is -3.32. The van der Waals surface area contributed by atoms with Crippen LogP contribution in [-0.2, 0) is 9.84 Å². The van der Waals surface area contributed by atoms with Crippen molar-refractivity contribution in [3.8, 4) is 0 Å². The summed E-state index contributed by atoms with van der Waals surface area (Å²) >= 11 is 0. The van der Waals surface area contributed by atoms with E-state index >= 15 is 0 Å². The first-order chi connectivity index (χ1) is 11.5. The number of sulfone groups is 1. The third-order valence-corrected chi connectivity index (χ3v) is 6.84. The zero-order valence-electron chi connectivity index (χ0n) is 14.3. The Morgan fingerprint density at radius 1 is 1.08 bits per heavy atom. The molecule has 0 saturated carbocycles. The van der Waals surface area contributed by atoms with Gasteiger partial charge in [0, 0.05) is 5.54 Å². The molecular formula is C20H25NO2S. The van der Waals surface area contributed by atoms with E-state index in [1.54, 1.807) is 6.07 Å². The van der Waals surface area contributed by atoms with E-state index in [4.69, 9.17) is 0 Å². The molecule has 1 heterocycles. The van der Waals surface area contributed by atoms with Crippen LogP contribution < -0.4 is 5.32 Å². The van der Waals surface area contributed by atoms with Crippen LogP contribution in [0.2, 0.25) is 0 Å². The molecule has 1 unspecified atom stereocenters. The van der Waals surface area contributed by atoms with Crippen LogP contribution in [0, 0.1) is 0 Å². The standard InChI is InChI=1S/C20H25NO2S/c1-3-4-14-20(2)15-24(22,23)18-13-9-8-12-17(18)19(21-20)16-10-6-5-7-11-16/h5-13,19,21H,3-4,14-15H2,1-2H3/t19-,20?/m1/s1. The largest absolute Gasteiger partial charge is 0.300 e. The van der Waals surface area contributed by atoms with Crippen molar-refractivity contribution in [1.82, 2.24) is 5.32 Å². The van der Waals surface area contributed by atoms with Crippen LogP contribution in [0.1, 0.15) is 50.3 Å². The van der Waals surface area contributed by atoms with E-state index in [9.17, 15) is 8.42 Å². The van der Waals surface area contributed by atoms with Gasteiger partial charge >= 0.3 is 0 Å². The molecule has 2 atom stereocenters.